The number of hydrogen-bond acceptors (Lipinski definition) is 4. The summed E-state index contributed by atoms with van der Waals surface area (Å²) in [6, 6.07) is 8.88. The Kier molecular flexibility index (Phi) is 5.81. The van der Waals surface area contributed by atoms with Gasteiger partial charge < -0.3 is 5.11 Å². The van der Waals surface area contributed by atoms with Crippen molar-refractivity contribution in [2.75, 3.05) is 6.61 Å². The number of rotatable bonds is 5. The molecule has 0 aliphatic heterocycles. The minimum Gasteiger partial charge on any atom is -0.394 e. The van der Waals surface area contributed by atoms with E-state index in [0.29, 0.717) is 5.56 Å². The molecule has 0 radical (unpaired) electrons. The number of benzene rings is 1. The van der Waals surface area contributed by atoms with Gasteiger partial charge in [0.2, 0.25) is 10.0 Å². The molecule has 0 heterocycles. The van der Waals surface area contributed by atoms with Crippen LogP contribution in [0.4, 0.5) is 0 Å². The first kappa shape index (κ1) is 19.1. The van der Waals surface area contributed by atoms with Crippen LogP contribution in [0.15, 0.2) is 30.3 Å². The second kappa shape index (κ2) is 6.68. The van der Waals surface area contributed by atoms with E-state index in [0.717, 1.165) is 4.31 Å². The maximum absolute atomic E-state index is 12.8. The summed E-state index contributed by atoms with van der Waals surface area (Å²) in [5, 5.41) is 9.36. The molecule has 0 unspecified atom stereocenters. The number of amides is 1. The van der Waals surface area contributed by atoms with Gasteiger partial charge in [-0.3, -0.25) is 4.79 Å². The van der Waals surface area contributed by atoms with E-state index in [1.54, 1.807) is 24.3 Å². The van der Waals surface area contributed by atoms with Crippen LogP contribution >= 0.6 is 15.9 Å². The summed E-state index contributed by atoms with van der Waals surface area (Å²) < 4.78 is 23.9. The first-order valence-corrected chi connectivity index (χ1v) is 9.07. The van der Waals surface area contributed by atoms with E-state index in [1.165, 1.54) is 27.7 Å². The Bertz CT molecular complexity index is 621. The molecule has 1 rings (SSSR count). The second-order valence-electron chi connectivity index (χ2n) is 6.27. The van der Waals surface area contributed by atoms with Crippen molar-refractivity contribution in [1.82, 2.24) is 4.31 Å². The average molecular weight is 392 g/mol. The Morgan fingerprint density at radius 3 is 2.09 bits per heavy atom. The van der Waals surface area contributed by atoms with Crippen molar-refractivity contribution in [1.29, 1.82) is 0 Å². The standard InChI is InChI=1S/C15H22BrNO4S/c1-14(2,3)22(20,21)17(13(19)15(4,16)11-18)10-12-8-6-5-7-9-12/h5-9,18H,10-11H2,1-4H3/t15-/m0/s1. The van der Waals surface area contributed by atoms with Crippen LogP contribution in [-0.4, -0.2) is 39.4 Å². The highest BCUT2D eigenvalue weighted by Crippen LogP contribution is 2.28. The topological polar surface area (TPSA) is 74.7 Å². The van der Waals surface area contributed by atoms with Crippen molar-refractivity contribution in [3.8, 4) is 0 Å². The molecule has 1 aromatic rings. The molecule has 0 aliphatic carbocycles. The highest BCUT2D eigenvalue weighted by Gasteiger charge is 2.44. The van der Waals surface area contributed by atoms with Gasteiger partial charge in [0.05, 0.1) is 17.9 Å². The fourth-order valence-electron chi connectivity index (χ4n) is 1.67. The zero-order valence-corrected chi connectivity index (χ0v) is 15.6. The number of halogens is 1. The summed E-state index contributed by atoms with van der Waals surface area (Å²) in [4.78, 5) is 12.6. The lowest BCUT2D eigenvalue weighted by Crippen LogP contribution is -2.52. The summed E-state index contributed by atoms with van der Waals surface area (Å²) in [6.07, 6.45) is 0. The molecule has 7 heteroatoms. The molecule has 1 amide bonds. The van der Waals surface area contributed by atoms with Gasteiger partial charge in [-0.05, 0) is 33.3 Å². The van der Waals surface area contributed by atoms with Crippen molar-refractivity contribution < 1.29 is 18.3 Å². The van der Waals surface area contributed by atoms with Gasteiger partial charge in [0.25, 0.3) is 5.91 Å². The van der Waals surface area contributed by atoms with Gasteiger partial charge in [-0.15, -0.1) is 0 Å². The molecule has 0 aromatic heterocycles. The van der Waals surface area contributed by atoms with Gasteiger partial charge in [-0.1, -0.05) is 46.3 Å². The second-order valence-corrected chi connectivity index (χ2v) is 10.6. The van der Waals surface area contributed by atoms with E-state index in [2.05, 4.69) is 15.9 Å². The average Bonchev–Trinajstić information content (AvgIpc) is 2.43. The molecule has 22 heavy (non-hydrogen) atoms. The number of hydrogen-bond donors (Lipinski definition) is 1. The number of carbonyl (C=O) groups excluding carboxylic acids is 1. The third-order valence-electron chi connectivity index (χ3n) is 3.20. The van der Waals surface area contributed by atoms with Crippen molar-refractivity contribution in [3.63, 3.8) is 0 Å². The van der Waals surface area contributed by atoms with Crippen LogP contribution < -0.4 is 0 Å². The maximum atomic E-state index is 12.8. The minimum absolute atomic E-state index is 0.0690. The first-order valence-electron chi connectivity index (χ1n) is 6.84. The molecular weight excluding hydrogens is 370 g/mol. The van der Waals surface area contributed by atoms with E-state index in [9.17, 15) is 18.3 Å². The van der Waals surface area contributed by atoms with Crippen LogP contribution in [0.3, 0.4) is 0 Å². The lowest BCUT2D eigenvalue weighted by molar-refractivity contribution is -0.129. The number of sulfonamides is 1. The molecule has 1 aromatic carbocycles. The monoisotopic (exact) mass is 391 g/mol. The summed E-state index contributed by atoms with van der Waals surface area (Å²) >= 11 is 3.11. The van der Waals surface area contributed by atoms with Gasteiger partial charge in [0.1, 0.15) is 4.32 Å². The number of aliphatic hydroxyl groups is 1. The number of aliphatic hydroxyl groups excluding tert-OH is 1. The zero-order chi connectivity index (χ0) is 17.2. The Hall–Kier alpha value is -0.920. The summed E-state index contributed by atoms with van der Waals surface area (Å²) in [6.45, 7) is 5.50. The fraction of sp³-hybridized carbons (Fsp3) is 0.533. The van der Waals surface area contributed by atoms with Crippen LogP contribution in [0, 0.1) is 0 Å². The molecule has 0 fully saturated rings. The summed E-state index contributed by atoms with van der Waals surface area (Å²) in [5.74, 6) is -0.686. The highest BCUT2D eigenvalue weighted by atomic mass is 79.9. The third kappa shape index (κ3) is 4.08. The maximum Gasteiger partial charge on any atom is 0.255 e. The molecule has 0 aliphatic rings. The predicted octanol–water partition coefficient (Wildman–Crippen LogP) is 2.29. The molecule has 5 nitrogen and oxygen atoms in total. The Morgan fingerprint density at radius 2 is 1.68 bits per heavy atom. The van der Waals surface area contributed by atoms with E-state index in [4.69, 9.17) is 0 Å². The number of carbonyl (C=O) groups is 1. The minimum atomic E-state index is -3.89. The normalized spacial score (nSPS) is 15.2. The van der Waals surface area contributed by atoms with E-state index >= 15 is 0 Å². The van der Waals surface area contributed by atoms with Crippen molar-refractivity contribution in [2.24, 2.45) is 0 Å². The van der Waals surface area contributed by atoms with Crippen molar-refractivity contribution in [2.45, 2.75) is 43.3 Å². The number of nitrogens with zero attached hydrogens (tertiary/aromatic N) is 1. The Morgan fingerprint density at radius 1 is 1.18 bits per heavy atom. The van der Waals surface area contributed by atoms with Crippen molar-refractivity contribution >= 4 is 31.9 Å². The van der Waals surface area contributed by atoms with Gasteiger partial charge in [-0.25, -0.2) is 12.7 Å². The van der Waals surface area contributed by atoms with Gasteiger partial charge >= 0.3 is 0 Å². The van der Waals surface area contributed by atoms with Crippen LogP contribution in [-0.2, 0) is 21.4 Å². The van der Waals surface area contributed by atoms with E-state index < -0.39 is 31.6 Å². The molecule has 0 bridgehead atoms. The summed E-state index contributed by atoms with van der Waals surface area (Å²) in [5.41, 5.74) is 0.699. The zero-order valence-electron chi connectivity index (χ0n) is 13.2. The van der Waals surface area contributed by atoms with Gasteiger partial charge in [0.15, 0.2) is 0 Å². The molecule has 124 valence electrons. The third-order valence-corrected chi connectivity index (χ3v) is 6.22. The molecule has 0 saturated heterocycles. The highest BCUT2D eigenvalue weighted by molar-refractivity contribution is 9.10. The van der Waals surface area contributed by atoms with Crippen LogP contribution in [0.2, 0.25) is 0 Å². The largest absolute Gasteiger partial charge is 0.394 e. The molecular formula is C15H22BrNO4S. The van der Waals surface area contributed by atoms with Crippen LogP contribution in [0.25, 0.3) is 0 Å². The lowest BCUT2D eigenvalue weighted by atomic mass is 10.1. The van der Waals surface area contributed by atoms with Crippen LogP contribution in [0.5, 0.6) is 0 Å². The molecule has 1 atom stereocenters. The van der Waals surface area contributed by atoms with Gasteiger partial charge in [0, 0.05) is 0 Å². The fourth-order valence-corrected chi connectivity index (χ4v) is 3.40. The first-order chi connectivity index (χ1) is 9.93. The lowest BCUT2D eigenvalue weighted by Gasteiger charge is -2.34. The van der Waals surface area contributed by atoms with Gasteiger partial charge in [-0.2, -0.15) is 0 Å². The quantitative estimate of drug-likeness (QED) is 0.781. The van der Waals surface area contributed by atoms with Crippen LogP contribution in [0.1, 0.15) is 33.3 Å². The Balaban J connectivity index is 3.32. The van der Waals surface area contributed by atoms with Crippen molar-refractivity contribution in [3.05, 3.63) is 35.9 Å². The molecule has 1 N–H and O–H groups in total. The summed E-state index contributed by atoms with van der Waals surface area (Å²) in [7, 11) is -3.89. The molecule has 0 saturated carbocycles. The predicted molar refractivity (Wildman–Crippen MR) is 90.1 cm³/mol. The smallest absolute Gasteiger partial charge is 0.255 e. The number of alkyl halides is 1. The molecule has 0 spiro atoms. The Labute approximate surface area is 140 Å². The SMILES string of the molecule is CC(C)(C)S(=O)(=O)N(Cc1ccccc1)C(=O)[C@@](C)(Br)CO. The van der Waals surface area contributed by atoms with E-state index in [1.807, 2.05) is 6.07 Å². The van der Waals surface area contributed by atoms with E-state index in [-0.39, 0.29) is 6.54 Å².